The Kier molecular flexibility index (Phi) is 4.04. The highest BCUT2D eigenvalue weighted by Gasteiger charge is 2.50. The van der Waals surface area contributed by atoms with Crippen molar-refractivity contribution in [3.63, 3.8) is 0 Å². The lowest BCUT2D eigenvalue weighted by molar-refractivity contribution is -0.174. The Morgan fingerprint density at radius 2 is 2.20 bits per heavy atom. The topological polar surface area (TPSA) is 77.4 Å². The van der Waals surface area contributed by atoms with E-state index in [-0.39, 0.29) is 17.9 Å². The van der Waals surface area contributed by atoms with E-state index in [0.717, 1.165) is 0 Å². The predicted molar refractivity (Wildman–Crippen MR) is 84.5 cm³/mol. The molecule has 2 aromatic rings. The third kappa shape index (κ3) is 3.17. The molecule has 0 bridgehead atoms. The SMILES string of the molecule is O=C(c1cnccn1)N1CC2(C[C@H](Oc3ncccc3F)CCO2)C1. The molecule has 2 aromatic heterocycles. The summed E-state index contributed by atoms with van der Waals surface area (Å²) in [6, 6.07) is 2.84. The van der Waals surface area contributed by atoms with Crippen molar-refractivity contribution in [2.45, 2.75) is 24.5 Å². The van der Waals surface area contributed by atoms with Gasteiger partial charge in [0.05, 0.1) is 25.9 Å². The molecule has 0 saturated carbocycles. The molecule has 0 aliphatic carbocycles. The van der Waals surface area contributed by atoms with Crippen LogP contribution in [0, 0.1) is 5.82 Å². The van der Waals surface area contributed by atoms with Crippen LogP contribution in [0.25, 0.3) is 0 Å². The second kappa shape index (κ2) is 6.36. The number of hydrogen-bond donors (Lipinski definition) is 0. The highest BCUT2D eigenvalue weighted by Crippen LogP contribution is 2.36. The monoisotopic (exact) mass is 344 g/mol. The van der Waals surface area contributed by atoms with Crippen LogP contribution in [-0.4, -0.2) is 57.2 Å². The average molecular weight is 344 g/mol. The van der Waals surface area contributed by atoms with Crippen LogP contribution in [0.15, 0.2) is 36.9 Å². The summed E-state index contributed by atoms with van der Waals surface area (Å²) in [7, 11) is 0. The van der Waals surface area contributed by atoms with Crippen molar-refractivity contribution >= 4 is 5.91 Å². The highest BCUT2D eigenvalue weighted by atomic mass is 19.1. The van der Waals surface area contributed by atoms with Gasteiger partial charge in [-0.3, -0.25) is 9.78 Å². The molecule has 0 N–H and O–H groups in total. The van der Waals surface area contributed by atoms with Gasteiger partial charge in [-0.2, -0.15) is 0 Å². The molecular weight excluding hydrogens is 327 g/mol. The molecule has 0 aromatic carbocycles. The normalized spacial score (nSPS) is 21.6. The van der Waals surface area contributed by atoms with Crippen molar-refractivity contribution in [1.29, 1.82) is 0 Å². The second-order valence-corrected chi connectivity index (χ2v) is 6.31. The summed E-state index contributed by atoms with van der Waals surface area (Å²) in [5.41, 5.74) is -0.122. The number of ether oxygens (including phenoxy) is 2. The molecule has 1 amide bonds. The zero-order valence-electron chi connectivity index (χ0n) is 13.5. The number of hydrogen-bond acceptors (Lipinski definition) is 6. The van der Waals surface area contributed by atoms with Gasteiger partial charge in [-0.05, 0) is 12.1 Å². The number of nitrogens with zero attached hydrogens (tertiary/aromatic N) is 4. The van der Waals surface area contributed by atoms with Crippen LogP contribution < -0.4 is 4.74 Å². The maximum atomic E-state index is 13.7. The number of carbonyl (C=O) groups excluding carboxylic acids is 1. The summed E-state index contributed by atoms with van der Waals surface area (Å²) in [5, 5.41) is 0. The molecule has 25 heavy (non-hydrogen) atoms. The highest BCUT2D eigenvalue weighted by molar-refractivity contribution is 5.92. The quantitative estimate of drug-likeness (QED) is 0.839. The minimum Gasteiger partial charge on any atom is -0.472 e. The van der Waals surface area contributed by atoms with Gasteiger partial charge in [0.1, 0.15) is 17.4 Å². The molecule has 2 aliphatic rings. The Hall–Kier alpha value is -2.61. The Morgan fingerprint density at radius 3 is 2.96 bits per heavy atom. The fourth-order valence-corrected chi connectivity index (χ4v) is 3.28. The van der Waals surface area contributed by atoms with Gasteiger partial charge in [-0.1, -0.05) is 0 Å². The fraction of sp³-hybridized carbons (Fsp3) is 0.412. The molecule has 8 heteroatoms. The molecule has 1 atom stereocenters. The van der Waals surface area contributed by atoms with Gasteiger partial charge in [0.25, 0.3) is 11.8 Å². The maximum Gasteiger partial charge on any atom is 0.274 e. The summed E-state index contributed by atoms with van der Waals surface area (Å²) in [5.74, 6) is -0.631. The average Bonchev–Trinajstić information content (AvgIpc) is 2.62. The fourth-order valence-electron chi connectivity index (χ4n) is 3.28. The van der Waals surface area contributed by atoms with Gasteiger partial charge in [-0.15, -0.1) is 0 Å². The molecule has 0 radical (unpaired) electrons. The first-order chi connectivity index (χ1) is 12.2. The first kappa shape index (κ1) is 15.9. The summed E-state index contributed by atoms with van der Waals surface area (Å²) < 4.78 is 25.3. The summed E-state index contributed by atoms with van der Waals surface area (Å²) in [4.78, 5) is 25.9. The lowest BCUT2D eigenvalue weighted by atomic mass is 9.84. The lowest BCUT2D eigenvalue weighted by Crippen LogP contribution is -2.67. The van der Waals surface area contributed by atoms with Gasteiger partial charge in [-0.25, -0.2) is 14.4 Å². The Morgan fingerprint density at radius 1 is 1.32 bits per heavy atom. The van der Waals surface area contributed by atoms with E-state index < -0.39 is 11.4 Å². The molecule has 130 valence electrons. The van der Waals surface area contributed by atoms with Crippen LogP contribution >= 0.6 is 0 Å². The van der Waals surface area contributed by atoms with Crippen molar-refractivity contribution in [2.75, 3.05) is 19.7 Å². The third-order valence-corrected chi connectivity index (χ3v) is 4.48. The van der Waals surface area contributed by atoms with E-state index in [1.807, 2.05) is 0 Å². The van der Waals surface area contributed by atoms with Crippen LogP contribution in [0.5, 0.6) is 5.88 Å². The predicted octanol–water partition coefficient (Wildman–Crippen LogP) is 1.46. The van der Waals surface area contributed by atoms with Gasteiger partial charge < -0.3 is 14.4 Å². The summed E-state index contributed by atoms with van der Waals surface area (Å²) in [6.45, 7) is 1.44. The van der Waals surface area contributed by atoms with Crippen LogP contribution in [-0.2, 0) is 4.74 Å². The second-order valence-electron chi connectivity index (χ2n) is 6.31. The Labute approximate surface area is 143 Å². The molecule has 2 aliphatic heterocycles. The molecule has 2 fully saturated rings. The number of likely N-dealkylation sites (tertiary alicyclic amines) is 1. The van der Waals surface area contributed by atoms with Gasteiger partial charge in [0.2, 0.25) is 0 Å². The minimum absolute atomic E-state index is 0.0105. The summed E-state index contributed by atoms with van der Waals surface area (Å²) >= 11 is 0. The number of aromatic nitrogens is 3. The zero-order valence-corrected chi connectivity index (χ0v) is 13.5. The number of pyridine rings is 1. The van der Waals surface area contributed by atoms with E-state index in [1.54, 1.807) is 4.90 Å². The van der Waals surface area contributed by atoms with Crippen LogP contribution in [0.4, 0.5) is 4.39 Å². The van der Waals surface area contributed by atoms with E-state index in [2.05, 4.69) is 15.0 Å². The molecule has 7 nitrogen and oxygen atoms in total. The molecular formula is C17H17FN4O3. The molecule has 4 rings (SSSR count). The smallest absolute Gasteiger partial charge is 0.274 e. The first-order valence-corrected chi connectivity index (χ1v) is 8.12. The Balaban J connectivity index is 1.38. The molecule has 4 heterocycles. The van der Waals surface area contributed by atoms with Crippen molar-refractivity contribution in [2.24, 2.45) is 0 Å². The number of rotatable bonds is 3. The third-order valence-electron chi connectivity index (χ3n) is 4.48. The largest absolute Gasteiger partial charge is 0.472 e. The Bertz CT molecular complexity index is 767. The molecule has 0 unspecified atom stereocenters. The van der Waals surface area contributed by atoms with Gasteiger partial charge >= 0.3 is 0 Å². The minimum atomic E-state index is -0.476. The zero-order chi connectivity index (χ0) is 17.3. The van der Waals surface area contributed by atoms with Gasteiger partial charge in [0, 0.05) is 31.4 Å². The van der Waals surface area contributed by atoms with E-state index in [1.165, 1.54) is 36.9 Å². The van der Waals surface area contributed by atoms with Crippen molar-refractivity contribution < 1.29 is 18.7 Å². The molecule has 1 spiro atoms. The van der Waals surface area contributed by atoms with E-state index in [9.17, 15) is 9.18 Å². The lowest BCUT2D eigenvalue weighted by Gasteiger charge is -2.52. The first-order valence-electron chi connectivity index (χ1n) is 8.12. The van der Waals surface area contributed by atoms with Crippen LogP contribution in [0.2, 0.25) is 0 Å². The van der Waals surface area contributed by atoms with E-state index in [0.29, 0.717) is 38.2 Å². The standard InChI is InChI=1S/C17H17FN4O3/c18-13-2-1-4-21-15(13)25-12-3-7-24-17(8-12)10-22(11-17)16(23)14-9-19-5-6-20-14/h1-2,4-6,9,12H,3,7-8,10-11H2/t12-/m1/s1. The van der Waals surface area contributed by atoms with Crippen molar-refractivity contribution in [3.05, 3.63) is 48.4 Å². The van der Waals surface area contributed by atoms with Crippen LogP contribution in [0.3, 0.4) is 0 Å². The van der Waals surface area contributed by atoms with E-state index >= 15 is 0 Å². The number of carbonyl (C=O) groups is 1. The van der Waals surface area contributed by atoms with Crippen molar-refractivity contribution in [1.82, 2.24) is 19.9 Å². The van der Waals surface area contributed by atoms with Crippen LogP contribution in [0.1, 0.15) is 23.3 Å². The van der Waals surface area contributed by atoms with E-state index in [4.69, 9.17) is 9.47 Å². The maximum absolute atomic E-state index is 13.7. The van der Waals surface area contributed by atoms with Gasteiger partial charge in [0.15, 0.2) is 5.82 Å². The van der Waals surface area contributed by atoms with Crippen molar-refractivity contribution in [3.8, 4) is 5.88 Å². The number of halogens is 1. The molecule has 2 saturated heterocycles. The summed E-state index contributed by atoms with van der Waals surface area (Å²) in [6.07, 6.45) is 7.03. The number of amides is 1.